The van der Waals surface area contributed by atoms with Crippen molar-refractivity contribution in [2.24, 2.45) is 11.8 Å². The fourth-order valence-electron chi connectivity index (χ4n) is 3.10. The zero-order valence-corrected chi connectivity index (χ0v) is 13.9. The SMILES string of the molecule is CCCCC1CCC(C(=O)N(C)CCC(=O)OCC)CC1. The molecule has 1 aliphatic carbocycles. The standard InChI is InChI=1S/C17H31NO3/c1-4-6-7-14-8-10-15(11-9-14)17(20)18(3)13-12-16(19)21-5-2/h14-15H,4-13H2,1-3H3. The van der Waals surface area contributed by atoms with Gasteiger partial charge >= 0.3 is 5.97 Å². The lowest BCUT2D eigenvalue weighted by Gasteiger charge is -2.30. The average Bonchev–Trinajstić information content (AvgIpc) is 2.50. The van der Waals surface area contributed by atoms with E-state index in [4.69, 9.17) is 4.74 Å². The number of unbranched alkanes of at least 4 members (excludes halogenated alkanes) is 1. The van der Waals surface area contributed by atoms with Crippen molar-refractivity contribution < 1.29 is 14.3 Å². The van der Waals surface area contributed by atoms with Gasteiger partial charge in [0.05, 0.1) is 13.0 Å². The summed E-state index contributed by atoms with van der Waals surface area (Å²) >= 11 is 0. The summed E-state index contributed by atoms with van der Waals surface area (Å²) in [5.74, 6) is 0.961. The van der Waals surface area contributed by atoms with Crippen LogP contribution in [0.15, 0.2) is 0 Å². The molecule has 4 heteroatoms. The van der Waals surface area contributed by atoms with Crippen molar-refractivity contribution in [3.63, 3.8) is 0 Å². The molecule has 0 bridgehead atoms. The van der Waals surface area contributed by atoms with Gasteiger partial charge in [0.25, 0.3) is 0 Å². The van der Waals surface area contributed by atoms with E-state index < -0.39 is 0 Å². The predicted molar refractivity (Wildman–Crippen MR) is 83.9 cm³/mol. The second-order valence-electron chi connectivity index (χ2n) is 6.17. The Hall–Kier alpha value is -1.06. The molecule has 0 radical (unpaired) electrons. The number of rotatable bonds is 8. The van der Waals surface area contributed by atoms with Crippen molar-refractivity contribution in [1.29, 1.82) is 0 Å². The zero-order valence-electron chi connectivity index (χ0n) is 13.9. The quantitative estimate of drug-likeness (QED) is 0.645. The van der Waals surface area contributed by atoms with Gasteiger partial charge in [-0.3, -0.25) is 9.59 Å². The smallest absolute Gasteiger partial charge is 0.307 e. The topological polar surface area (TPSA) is 46.6 Å². The fraction of sp³-hybridized carbons (Fsp3) is 0.882. The normalized spacial score (nSPS) is 21.9. The van der Waals surface area contributed by atoms with E-state index in [2.05, 4.69) is 6.92 Å². The number of ether oxygens (including phenoxy) is 1. The molecule has 122 valence electrons. The van der Waals surface area contributed by atoms with Crippen LogP contribution in [0.25, 0.3) is 0 Å². The van der Waals surface area contributed by atoms with Crippen LogP contribution in [0.5, 0.6) is 0 Å². The Balaban J connectivity index is 2.27. The lowest BCUT2D eigenvalue weighted by molar-refractivity contribution is -0.144. The minimum absolute atomic E-state index is 0.162. The molecule has 0 spiro atoms. The summed E-state index contributed by atoms with van der Waals surface area (Å²) in [7, 11) is 1.80. The summed E-state index contributed by atoms with van der Waals surface area (Å²) in [4.78, 5) is 25.4. The summed E-state index contributed by atoms with van der Waals surface area (Å²) in [6.07, 6.45) is 8.56. The van der Waals surface area contributed by atoms with E-state index in [-0.39, 0.29) is 17.8 Å². The fourth-order valence-corrected chi connectivity index (χ4v) is 3.10. The second kappa shape index (κ2) is 9.80. The van der Waals surface area contributed by atoms with E-state index in [1.165, 1.54) is 32.1 Å². The number of nitrogens with zero attached hydrogens (tertiary/aromatic N) is 1. The van der Waals surface area contributed by atoms with Crippen molar-refractivity contribution in [2.75, 3.05) is 20.2 Å². The second-order valence-corrected chi connectivity index (χ2v) is 6.17. The van der Waals surface area contributed by atoms with E-state index in [1.807, 2.05) is 0 Å². The van der Waals surface area contributed by atoms with E-state index in [0.717, 1.165) is 18.8 Å². The number of hydrogen-bond acceptors (Lipinski definition) is 3. The third kappa shape index (κ3) is 6.49. The van der Waals surface area contributed by atoms with Crippen LogP contribution in [0.1, 0.15) is 65.2 Å². The van der Waals surface area contributed by atoms with Crippen molar-refractivity contribution in [2.45, 2.75) is 65.2 Å². The molecule has 0 aromatic heterocycles. The molecular formula is C17H31NO3. The van der Waals surface area contributed by atoms with E-state index in [9.17, 15) is 9.59 Å². The highest BCUT2D eigenvalue weighted by atomic mass is 16.5. The molecule has 0 N–H and O–H groups in total. The predicted octanol–water partition coefficient (Wildman–Crippen LogP) is 3.39. The highest BCUT2D eigenvalue weighted by Gasteiger charge is 2.28. The molecule has 0 aromatic rings. The summed E-state index contributed by atoms with van der Waals surface area (Å²) in [5, 5.41) is 0. The van der Waals surface area contributed by atoms with Crippen LogP contribution < -0.4 is 0 Å². The molecule has 1 fully saturated rings. The maximum atomic E-state index is 12.4. The Kier molecular flexibility index (Phi) is 8.40. The van der Waals surface area contributed by atoms with Gasteiger partial charge in [0.15, 0.2) is 0 Å². The molecule has 1 rings (SSSR count). The van der Waals surface area contributed by atoms with Crippen LogP contribution >= 0.6 is 0 Å². The molecule has 0 atom stereocenters. The summed E-state index contributed by atoms with van der Waals surface area (Å²) in [6, 6.07) is 0. The Morgan fingerprint density at radius 3 is 2.38 bits per heavy atom. The van der Waals surface area contributed by atoms with Crippen molar-refractivity contribution in [3.8, 4) is 0 Å². The number of hydrogen-bond donors (Lipinski definition) is 0. The van der Waals surface area contributed by atoms with Gasteiger partial charge in [-0.2, -0.15) is 0 Å². The van der Waals surface area contributed by atoms with Crippen LogP contribution in [0, 0.1) is 11.8 Å². The van der Waals surface area contributed by atoms with Gasteiger partial charge in [-0.1, -0.05) is 26.2 Å². The summed E-state index contributed by atoms with van der Waals surface area (Å²) in [5.41, 5.74) is 0. The Morgan fingerprint density at radius 2 is 1.81 bits per heavy atom. The van der Waals surface area contributed by atoms with E-state index >= 15 is 0 Å². The first-order chi connectivity index (χ1) is 10.1. The summed E-state index contributed by atoms with van der Waals surface area (Å²) in [6.45, 7) is 4.89. The average molecular weight is 297 g/mol. The third-order valence-electron chi connectivity index (χ3n) is 4.49. The highest BCUT2D eigenvalue weighted by Crippen LogP contribution is 2.32. The first kappa shape index (κ1) is 18.0. The van der Waals surface area contributed by atoms with Crippen LogP contribution in [-0.4, -0.2) is 37.0 Å². The van der Waals surface area contributed by atoms with Crippen LogP contribution in [0.4, 0.5) is 0 Å². The van der Waals surface area contributed by atoms with Gasteiger partial charge in [0.2, 0.25) is 5.91 Å². The Labute approximate surface area is 129 Å². The lowest BCUT2D eigenvalue weighted by Crippen LogP contribution is -2.36. The minimum Gasteiger partial charge on any atom is -0.466 e. The molecule has 0 heterocycles. The zero-order chi connectivity index (χ0) is 15.7. The van der Waals surface area contributed by atoms with Gasteiger partial charge < -0.3 is 9.64 Å². The molecule has 0 saturated heterocycles. The number of carbonyl (C=O) groups excluding carboxylic acids is 2. The first-order valence-corrected chi connectivity index (χ1v) is 8.49. The number of amides is 1. The van der Waals surface area contributed by atoms with Gasteiger partial charge in [-0.15, -0.1) is 0 Å². The third-order valence-corrected chi connectivity index (χ3v) is 4.49. The molecular weight excluding hydrogens is 266 g/mol. The molecule has 4 nitrogen and oxygen atoms in total. The molecule has 1 amide bonds. The largest absolute Gasteiger partial charge is 0.466 e. The van der Waals surface area contributed by atoms with Gasteiger partial charge in [0.1, 0.15) is 0 Å². The molecule has 1 aliphatic rings. The lowest BCUT2D eigenvalue weighted by atomic mass is 9.79. The van der Waals surface area contributed by atoms with E-state index in [1.54, 1.807) is 18.9 Å². The van der Waals surface area contributed by atoms with Crippen molar-refractivity contribution >= 4 is 11.9 Å². The summed E-state index contributed by atoms with van der Waals surface area (Å²) < 4.78 is 4.89. The van der Waals surface area contributed by atoms with Crippen LogP contribution in [-0.2, 0) is 14.3 Å². The highest BCUT2D eigenvalue weighted by molar-refractivity contribution is 5.79. The number of carbonyl (C=O) groups is 2. The molecule has 21 heavy (non-hydrogen) atoms. The molecule has 1 saturated carbocycles. The first-order valence-electron chi connectivity index (χ1n) is 8.49. The molecule has 0 aromatic carbocycles. The minimum atomic E-state index is -0.222. The van der Waals surface area contributed by atoms with E-state index in [0.29, 0.717) is 19.6 Å². The molecule has 0 unspecified atom stereocenters. The van der Waals surface area contributed by atoms with Crippen LogP contribution in [0.2, 0.25) is 0 Å². The van der Waals surface area contributed by atoms with Gasteiger partial charge in [-0.25, -0.2) is 0 Å². The Morgan fingerprint density at radius 1 is 1.14 bits per heavy atom. The number of esters is 1. The monoisotopic (exact) mass is 297 g/mol. The maximum Gasteiger partial charge on any atom is 0.307 e. The van der Waals surface area contributed by atoms with Gasteiger partial charge in [-0.05, 0) is 38.5 Å². The maximum absolute atomic E-state index is 12.4. The van der Waals surface area contributed by atoms with Crippen molar-refractivity contribution in [1.82, 2.24) is 4.90 Å². The van der Waals surface area contributed by atoms with Crippen molar-refractivity contribution in [3.05, 3.63) is 0 Å². The Bertz CT molecular complexity index is 322. The molecule has 0 aliphatic heterocycles. The van der Waals surface area contributed by atoms with Crippen LogP contribution in [0.3, 0.4) is 0 Å². The van der Waals surface area contributed by atoms with Gasteiger partial charge in [0, 0.05) is 19.5 Å².